The Bertz CT molecular complexity index is 698. The first kappa shape index (κ1) is 15.3. The van der Waals surface area contributed by atoms with Crippen LogP contribution in [0.2, 0.25) is 0 Å². The number of hydrogen-bond donors (Lipinski definition) is 2. The number of para-hydroxylation sites is 2. The van der Waals surface area contributed by atoms with Gasteiger partial charge in [-0.2, -0.15) is 0 Å². The summed E-state index contributed by atoms with van der Waals surface area (Å²) in [5.74, 6) is 0.465. The van der Waals surface area contributed by atoms with Crippen molar-refractivity contribution in [2.75, 3.05) is 6.54 Å². The molecular weight excluding hydrogens is 311 g/mol. The van der Waals surface area contributed by atoms with E-state index in [1.807, 2.05) is 18.2 Å². The van der Waals surface area contributed by atoms with Crippen LogP contribution in [0.5, 0.6) is 11.5 Å². The molecule has 2 N–H and O–H groups in total. The van der Waals surface area contributed by atoms with Crippen LogP contribution in [0.1, 0.15) is 11.1 Å². The minimum absolute atomic E-state index is 0. The van der Waals surface area contributed by atoms with Crippen LogP contribution < -0.4 is 0 Å². The molecule has 1 aliphatic heterocycles. The molecule has 2 aromatic carbocycles. The molecule has 0 amide bonds. The fraction of sp³-hybridized carbons (Fsp3) is 0.125. The smallest absolute Gasteiger partial charge is 0.124 e. The zero-order valence-corrected chi connectivity index (χ0v) is 12.1. The van der Waals surface area contributed by atoms with Gasteiger partial charge in [0.15, 0.2) is 0 Å². The standard InChI is InChI=1S/C16H14N2O2.Co/c19-14-7-3-1-5-11(14)9-17-10-13-16(18-13)12-6-2-4-8-15(12)20;/h1-9,13,19-20H,10H2;. The second kappa shape index (κ2) is 6.56. The van der Waals surface area contributed by atoms with Gasteiger partial charge in [-0.15, -0.1) is 0 Å². The summed E-state index contributed by atoms with van der Waals surface area (Å²) in [6.07, 6.45) is 1.64. The zero-order chi connectivity index (χ0) is 13.9. The molecule has 4 nitrogen and oxygen atoms in total. The predicted molar refractivity (Wildman–Crippen MR) is 79.0 cm³/mol. The first-order chi connectivity index (χ1) is 9.75. The van der Waals surface area contributed by atoms with Crippen LogP contribution >= 0.6 is 0 Å². The summed E-state index contributed by atoms with van der Waals surface area (Å²) < 4.78 is 0. The van der Waals surface area contributed by atoms with E-state index in [1.54, 1.807) is 36.5 Å². The number of phenolic OH excluding ortho intramolecular Hbond substituents is 2. The molecule has 0 aromatic heterocycles. The summed E-state index contributed by atoms with van der Waals surface area (Å²) in [6, 6.07) is 14.2. The van der Waals surface area contributed by atoms with Crippen LogP contribution in [0.25, 0.3) is 0 Å². The quantitative estimate of drug-likeness (QED) is 0.848. The molecule has 1 heterocycles. The first-order valence-electron chi connectivity index (χ1n) is 6.39. The van der Waals surface area contributed by atoms with Crippen LogP contribution in [0.15, 0.2) is 58.5 Å². The van der Waals surface area contributed by atoms with E-state index in [4.69, 9.17) is 0 Å². The third-order valence-corrected chi connectivity index (χ3v) is 3.17. The number of benzene rings is 2. The normalized spacial score (nSPS) is 16.4. The van der Waals surface area contributed by atoms with E-state index in [2.05, 4.69) is 9.98 Å². The van der Waals surface area contributed by atoms with Crippen molar-refractivity contribution in [2.45, 2.75) is 6.04 Å². The molecule has 1 atom stereocenters. The summed E-state index contributed by atoms with van der Waals surface area (Å²) >= 11 is 0. The van der Waals surface area contributed by atoms with Gasteiger partial charge in [0.1, 0.15) is 17.5 Å². The van der Waals surface area contributed by atoms with Crippen LogP contribution in [-0.4, -0.2) is 34.7 Å². The third kappa shape index (κ3) is 3.51. The maximum absolute atomic E-state index is 9.73. The van der Waals surface area contributed by atoms with Crippen LogP contribution in [0, 0.1) is 0 Å². The van der Waals surface area contributed by atoms with Gasteiger partial charge in [0.2, 0.25) is 0 Å². The first-order valence-corrected chi connectivity index (χ1v) is 6.39. The average molecular weight is 325 g/mol. The topological polar surface area (TPSA) is 65.2 Å². The Morgan fingerprint density at radius 2 is 1.67 bits per heavy atom. The van der Waals surface area contributed by atoms with Crippen molar-refractivity contribution in [3.05, 3.63) is 59.7 Å². The van der Waals surface area contributed by atoms with Gasteiger partial charge in [0.05, 0.1) is 12.3 Å². The molecular formula is C16H14CoN2O2. The number of hydrogen-bond acceptors (Lipinski definition) is 4. The molecule has 21 heavy (non-hydrogen) atoms. The minimum atomic E-state index is 0. The maximum Gasteiger partial charge on any atom is 0.124 e. The van der Waals surface area contributed by atoms with Crippen LogP contribution in [-0.2, 0) is 16.8 Å². The number of aliphatic imine (C=N–C) groups is 2. The Morgan fingerprint density at radius 1 is 1.00 bits per heavy atom. The second-order valence-electron chi connectivity index (χ2n) is 4.60. The second-order valence-corrected chi connectivity index (χ2v) is 4.60. The van der Waals surface area contributed by atoms with Gasteiger partial charge in [-0.3, -0.25) is 9.98 Å². The Morgan fingerprint density at radius 3 is 2.38 bits per heavy atom. The average Bonchev–Trinajstić information content (AvgIpc) is 3.21. The van der Waals surface area contributed by atoms with Crippen molar-refractivity contribution in [2.24, 2.45) is 9.98 Å². The molecule has 0 spiro atoms. The Hall–Kier alpha value is -2.11. The van der Waals surface area contributed by atoms with E-state index >= 15 is 0 Å². The molecule has 1 radical (unpaired) electrons. The number of aromatic hydroxyl groups is 2. The summed E-state index contributed by atoms with van der Waals surface area (Å²) in [7, 11) is 0. The number of phenols is 2. The molecule has 2 aromatic rings. The Kier molecular flexibility index (Phi) is 4.77. The summed E-state index contributed by atoms with van der Waals surface area (Å²) in [5, 5.41) is 19.3. The van der Waals surface area contributed by atoms with Crippen molar-refractivity contribution in [1.82, 2.24) is 0 Å². The van der Waals surface area contributed by atoms with E-state index in [-0.39, 0.29) is 34.3 Å². The SMILES string of the molecule is Oc1ccccc1C=NCC1N=C1c1ccccc1O.[Co]. The van der Waals surface area contributed by atoms with Gasteiger partial charge in [-0.25, -0.2) is 0 Å². The van der Waals surface area contributed by atoms with E-state index < -0.39 is 0 Å². The number of rotatable bonds is 4. The van der Waals surface area contributed by atoms with Gasteiger partial charge >= 0.3 is 0 Å². The summed E-state index contributed by atoms with van der Waals surface area (Å²) in [6.45, 7) is 0.526. The molecule has 0 aliphatic carbocycles. The van der Waals surface area contributed by atoms with Crippen LogP contribution in [0.4, 0.5) is 0 Å². The molecule has 109 valence electrons. The largest absolute Gasteiger partial charge is 0.507 e. The fourth-order valence-corrected chi connectivity index (χ4v) is 2.04. The molecule has 0 saturated heterocycles. The number of nitrogens with zero attached hydrogens (tertiary/aromatic N) is 2. The van der Waals surface area contributed by atoms with Crippen molar-refractivity contribution >= 4 is 11.9 Å². The molecule has 1 unspecified atom stereocenters. The van der Waals surface area contributed by atoms with E-state index in [9.17, 15) is 10.2 Å². The van der Waals surface area contributed by atoms with Crippen molar-refractivity contribution in [3.8, 4) is 11.5 Å². The van der Waals surface area contributed by atoms with E-state index in [0.29, 0.717) is 12.1 Å². The fourth-order valence-electron chi connectivity index (χ4n) is 2.04. The Balaban J connectivity index is 0.00000161. The minimum Gasteiger partial charge on any atom is -0.507 e. The van der Waals surface area contributed by atoms with Crippen molar-refractivity contribution in [3.63, 3.8) is 0 Å². The molecule has 0 fully saturated rings. The van der Waals surface area contributed by atoms with Gasteiger partial charge in [-0.1, -0.05) is 24.3 Å². The van der Waals surface area contributed by atoms with Gasteiger partial charge < -0.3 is 10.2 Å². The van der Waals surface area contributed by atoms with Crippen molar-refractivity contribution in [1.29, 1.82) is 0 Å². The third-order valence-electron chi connectivity index (χ3n) is 3.17. The van der Waals surface area contributed by atoms with E-state index in [1.165, 1.54) is 0 Å². The van der Waals surface area contributed by atoms with Gasteiger partial charge in [0, 0.05) is 34.1 Å². The van der Waals surface area contributed by atoms with E-state index in [0.717, 1.165) is 11.3 Å². The van der Waals surface area contributed by atoms with Gasteiger partial charge in [0.25, 0.3) is 0 Å². The Labute approximate surface area is 133 Å². The molecule has 5 heteroatoms. The summed E-state index contributed by atoms with van der Waals surface area (Å²) in [4.78, 5) is 8.61. The molecule has 1 aliphatic rings. The van der Waals surface area contributed by atoms with Gasteiger partial charge in [-0.05, 0) is 24.3 Å². The van der Waals surface area contributed by atoms with Crippen molar-refractivity contribution < 1.29 is 27.0 Å². The molecule has 0 saturated carbocycles. The predicted octanol–water partition coefficient (Wildman–Crippen LogP) is 2.39. The zero-order valence-electron chi connectivity index (χ0n) is 11.1. The monoisotopic (exact) mass is 325 g/mol. The molecule has 3 rings (SSSR count). The molecule has 0 bridgehead atoms. The van der Waals surface area contributed by atoms with Crippen LogP contribution in [0.3, 0.4) is 0 Å². The summed E-state index contributed by atoms with van der Waals surface area (Å²) in [5.41, 5.74) is 2.35. The maximum atomic E-state index is 9.73.